The lowest BCUT2D eigenvalue weighted by atomic mass is 9.84. The van der Waals surface area contributed by atoms with Crippen molar-refractivity contribution in [2.45, 2.75) is 51.9 Å². The lowest BCUT2D eigenvalue weighted by Gasteiger charge is -2.23. The maximum absolute atomic E-state index is 6.63. The van der Waals surface area contributed by atoms with Crippen LogP contribution in [-0.4, -0.2) is 19.5 Å². The molecule has 4 aromatic heterocycles. The Hall–Kier alpha value is -2.04. The second kappa shape index (κ2) is 6.75. The number of aromatic amines is 1. The molecule has 0 saturated carbocycles. The third-order valence-electron chi connectivity index (χ3n) is 5.64. The zero-order valence-corrected chi connectivity index (χ0v) is 19.2. The van der Waals surface area contributed by atoms with E-state index in [9.17, 15) is 0 Å². The number of fused-ring (bicyclic) bond motifs is 2. The SMILES string of the molecule is Cn1c(C(C)(C)C)cc2cc(CC(C)(C)c3cc4ccnc(Cl)c4[nH]3)nc(Cl)c21. The summed E-state index contributed by atoms with van der Waals surface area (Å²) < 4.78 is 2.16. The molecule has 4 aromatic rings. The van der Waals surface area contributed by atoms with E-state index in [2.05, 4.69) is 74.4 Å². The normalized spacial score (nSPS) is 13.0. The fourth-order valence-corrected chi connectivity index (χ4v) is 4.69. The minimum Gasteiger partial charge on any atom is -0.355 e. The maximum Gasteiger partial charge on any atom is 0.153 e. The zero-order valence-electron chi connectivity index (χ0n) is 17.7. The highest BCUT2D eigenvalue weighted by atomic mass is 35.5. The lowest BCUT2D eigenvalue weighted by molar-refractivity contribution is 0.503. The van der Waals surface area contributed by atoms with Gasteiger partial charge in [-0.05, 0) is 24.3 Å². The molecule has 6 heteroatoms. The Kier molecular flexibility index (Phi) is 4.71. The van der Waals surface area contributed by atoms with Gasteiger partial charge in [0.05, 0.1) is 11.0 Å². The molecule has 0 aromatic carbocycles. The van der Waals surface area contributed by atoms with Gasteiger partial charge in [0.2, 0.25) is 0 Å². The topological polar surface area (TPSA) is 46.5 Å². The van der Waals surface area contributed by atoms with Gasteiger partial charge in [-0.2, -0.15) is 0 Å². The molecule has 0 unspecified atom stereocenters. The Bertz CT molecular complexity index is 1230. The second-order valence-corrected chi connectivity index (χ2v) is 10.2. The van der Waals surface area contributed by atoms with E-state index in [0.29, 0.717) is 10.3 Å². The van der Waals surface area contributed by atoms with Gasteiger partial charge in [-0.25, -0.2) is 9.97 Å². The van der Waals surface area contributed by atoms with Crippen molar-refractivity contribution in [1.82, 2.24) is 19.5 Å². The van der Waals surface area contributed by atoms with Crippen LogP contribution in [0.2, 0.25) is 10.3 Å². The molecule has 0 amide bonds. The Morgan fingerprint density at radius 2 is 1.72 bits per heavy atom. The number of aromatic nitrogens is 4. The molecule has 0 atom stereocenters. The highest BCUT2D eigenvalue weighted by Gasteiger charge is 2.26. The number of rotatable bonds is 3. The van der Waals surface area contributed by atoms with Crippen molar-refractivity contribution >= 4 is 45.0 Å². The lowest BCUT2D eigenvalue weighted by Crippen LogP contribution is -2.21. The molecule has 0 aliphatic rings. The van der Waals surface area contributed by atoms with E-state index in [1.165, 1.54) is 5.69 Å². The summed E-state index contributed by atoms with van der Waals surface area (Å²) in [5, 5.41) is 3.24. The fraction of sp³-hybridized carbons (Fsp3) is 0.391. The number of H-pyrrole nitrogens is 1. The summed E-state index contributed by atoms with van der Waals surface area (Å²) in [5.74, 6) is 0. The Morgan fingerprint density at radius 3 is 2.38 bits per heavy atom. The average molecular weight is 429 g/mol. The molecule has 152 valence electrons. The molecule has 0 radical (unpaired) electrons. The molecule has 29 heavy (non-hydrogen) atoms. The third-order valence-corrected chi connectivity index (χ3v) is 6.19. The fourth-order valence-electron chi connectivity index (χ4n) is 4.13. The van der Waals surface area contributed by atoms with Crippen molar-refractivity contribution < 1.29 is 0 Å². The third kappa shape index (κ3) is 3.53. The largest absolute Gasteiger partial charge is 0.355 e. The molecule has 0 aliphatic carbocycles. The molecule has 4 nitrogen and oxygen atoms in total. The Morgan fingerprint density at radius 1 is 1.00 bits per heavy atom. The minimum atomic E-state index is -0.173. The van der Waals surface area contributed by atoms with Crippen LogP contribution in [-0.2, 0) is 24.3 Å². The molecular formula is C23H26Cl2N4. The first-order valence-corrected chi connectivity index (χ1v) is 10.5. The van der Waals surface area contributed by atoms with Gasteiger partial charge >= 0.3 is 0 Å². The number of aryl methyl sites for hydroxylation is 1. The van der Waals surface area contributed by atoms with Gasteiger partial charge in [-0.15, -0.1) is 0 Å². The van der Waals surface area contributed by atoms with E-state index in [1.807, 2.05) is 6.07 Å². The van der Waals surface area contributed by atoms with Crippen molar-refractivity contribution in [2.75, 3.05) is 0 Å². The van der Waals surface area contributed by atoms with Gasteiger partial charge in [0.1, 0.15) is 0 Å². The van der Waals surface area contributed by atoms with Gasteiger partial charge in [-0.1, -0.05) is 57.8 Å². The Labute approximate surface area is 181 Å². The number of nitrogens with zero attached hydrogens (tertiary/aromatic N) is 3. The summed E-state index contributed by atoms with van der Waals surface area (Å²) in [7, 11) is 2.06. The van der Waals surface area contributed by atoms with Crippen LogP contribution < -0.4 is 0 Å². The van der Waals surface area contributed by atoms with Crippen molar-refractivity contribution in [3.05, 3.63) is 57.9 Å². The van der Waals surface area contributed by atoms with Crippen molar-refractivity contribution in [2.24, 2.45) is 7.05 Å². The first kappa shape index (κ1) is 20.2. The minimum absolute atomic E-state index is 0.0359. The number of halogens is 2. The van der Waals surface area contributed by atoms with Gasteiger partial charge < -0.3 is 9.55 Å². The molecule has 4 rings (SSSR count). The molecule has 1 N–H and O–H groups in total. The molecular weight excluding hydrogens is 403 g/mol. The summed E-state index contributed by atoms with van der Waals surface area (Å²) in [5.41, 5.74) is 5.04. The standard InChI is InChI=1S/C23H26Cl2N4/c1-22(2,3)17-11-14-9-15(27-21(25)19(14)29(17)6)12-23(4,5)16-10-13-7-8-26-20(24)18(13)28-16/h7-11,28H,12H2,1-6H3. The number of nitrogens with one attached hydrogen (secondary N) is 1. The van der Waals surface area contributed by atoms with Crippen molar-refractivity contribution in [3.63, 3.8) is 0 Å². The van der Waals surface area contributed by atoms with E-state index in [0.717, 1.165) is 39.6 Å². The van der Waals surface area contributed by atoms with E-state index in [4.69, 9.17) is 28.2 Å². The molecule has 0 fully saturated rings. The highest BCUT2D eigenvalue weighted by Crippen LogP contribution is 2.35. The molecule has 0 aliphatic heterocycles. The molecule has 0 bridgehead atoms. The predicted octanol–water partition coefficient (Wildman–Crippen LogP) is 6.57. The first-order valence-electron chi connectivity index (χ1n) is 9.76. The number of hydrogen-bond acceptors (Lipinski definition) is 2. The molecule has 0 saturated heterocycles. The van der Waals surface area contributed by atoms with Gasteiger partial charge in [0.25, 0.3) is 0 Å². The van der Waals surface area contributed by atoms with Crippen LogP contribution in [0.1, 0.15) is 51.7 Å². The van der Waals surface area contributed by atoms with Crippen LogP contribution in [0.25, 0.3) is 21.8 Å². The van der Waals surface area contributed by atoms with Gasteiger partial charge in [0.15, 0.2) is 10.3 Å². The number of hydrogen-bond donors (Lipinski definition) is 1. The summed E-state index contributed by atoms with van der Waals surface area (Å²) in [6.45, 7) is 11.0. The smallest absolute Gasteiger partial charge is 0.153 e. The summed E-state index contributed by atoms with van der Waals surface area (Å²) in [6.07, 6.45) is 2.48. The molecule has 0 spiro atoms. The summed E-state index contributed by atoms with van der Waals surface area (Å²) in [6, 6.07) is 8.50. The predicted molar refractivity (Wildman–Crippen MR) is 122 cm³/mol. The van der Waals surface area contributed by atoms with E-state index < -0.39 is 0 Å². The van der Waals surface area contributed by atoms with Crippen molar-refractivity contribution in [1.29, 1.82) is 0 Å². The van der Waals surface area contributed by atoms with Crippen LogP contribution >= 0.6 is 23.2 Å². The summed E-state index contributed by atoms with van der Waals surface area (Å²) in [4.78, 5) is 12.3. The second-order valence-electron chi connectivity index (χ2n) is 9.49. The van der Waals surface area contributed by atoms with Gasteiger partial charge in [0, 0.05) is 58.3 Å². The van der Waals surface area contributed by atoms with Crippen molar-refractivity contribution in [3.8, 4) is 0 Å². The van der Waals surface area contributed by atoms with Gasteiger partial charge in [-0.3, -0.25) is 0 Å². The molecule has 4 heterocycles. The first-order chi connectivity index (χ1) is 13.5. The zero-order chi connectivity index (χ0) is 21.1. The number of pyridine rings is 2. The van der Waals surface area contributed by atoms with Crippen LogP contribution in [0.5, 0.6) is 0 Å². The van der Waals surface area contributed by atoms with Crippen LogP contribution in [0.4, 0.5) is 0 Å². The average Bonchev–Trinajstić information content (AvgIpc) is 3.17. The van der Waals surface area contributed by atoms with Crippen LogP contribution in [0.15, 0.2) is 30.5 Å². The quantitative estimate of drug-likeness (QED) is 0.374. The maximum atomic E-state index is 6.63. The summed E-state index contributed by atoms with van der Waals surface area (Å²) >= 11 is 12.9. The van der Waals surface area contributed by atoms with Crippen LogP contribution in [0.3, 0.4) is 0 Å². The monoisotopic (exact) mass is 428 g/mol. The Balaban J connectivity index is 1.75. The van der Waals surface area contributed by atoms with E-state index in [1.54, 1.807) is 6.20 Å². The van der Waals surface area contributed by atoms with Crippen LogP contribution in [0, 0.1) is 0 Å². The highest BCUT2D eigenvalue weighted by molar-refractivity contribution is 6.34. The van der Waals surface area contributed by atoms with E-state index in [-0.39, 0.29) is 10.8 Å². The van der Waals surface area contributed by atoms with E-state index >= 15 is 0 Å².